The van der Waals surface area contributed by atoms with Gasteiger partial charge in [0.25, 0.3) is 11.8 Å². The lowest BCUT2D eigenvalue weighted by Gasteiger charge is -2.13. The number of benzene rings is 2. The number of unbranched alkanes of at least 4 members (excludes halogenated alkanes) is 4. The minimum absolute atomic E-state index is 0.197. The van der Waals surface area contributed by atoms with Gasteiger partial charge in [0.1, 0.15) is 0 Å². The molecule has 0 saturated heterocycles. The summed E-state index contributed by atoms with van der Waals surface area (Å²) in [5.74, 6) is -1.39. The van der Waals surface area contributed by atoms with Gasteiger partial charge in [-0.25, -0.2) is 9.69 Å². The number of imide groups is 1. The Labute approximate surface area is 169 Å². The number of hydrogen-bond acceptors (Lipinski definition) is 4. The van der Waals surface area contributed by atoms with Crippen LogP contribution >= 0.6 is 11.6 Å². The van der Waals surface area contributed by atoms with E-state index >= 15 is 0 Å². The number of fused-ring (bicyclic) bond motifs is 1. The molecular weight excluding hydrogens is 378 g/mol. The Morgan fingerprint density at radius 1 is 0.964 bits per heavy atom. The summed E-state index contributed by atoms with van der Waals surface area (Å²) >= 11 is 5.97. The fraction of sp³-hybridized carbons (Fsp3) is 0.318. The molecule has 0 aliphatic carbocycles. The van der Waals surface area contributed by atoms with Gasteiger partial charge in [-0.3, -0.25) is 9.59 Å². The third-order valence-corrected chi connectivity index (χ3v) is 4.90. The zero-order valence-corrected chi connectivity index (χ0v) is 16.5. The van der Waals surface area contributed by atoms with Crippen molar-refractivity contribution in [3.8, 4) is 0 Å². The summed E-state index contributed by atoms with van der Waals surface area (Å²) in [6.45, 7) is 2.49. The summed E-state index contributed by atoms with van der Waals surface area (Å²) < 4.78 is 5.29. The highest BCUT2D eigenvalue weighted by Gasteiger charge is 2.37. The first-order valence-corrected chi connectivity index (χ1v) is 9.86. The molecule has 28 heavy (non-hydrogen) atoms. The van der Waals surface area contributed by atoms with Gasteiger partial charge >= 0.3 is 5.97 Å². The van der Waals surface area contributed by atoms with Crippen LogP contribution in [0.3, 0.4) is 0 Å². The van der Waals surface area contributed by atoms with Crippen LogP contribution in [-0.4, -0.2) is 24.4 Å². The summed E-state index contributed by atoms with van der Waals surface area (Å²) in [7, 11) is 0. The van der Waals surface area contributed by atoms with Crippen LogP contribution in [0.25, 0.3) is 0 Å². The lowest BCUT2D eigenvalue weighted by molar-refractivity contribution is 0.0497. The second kappa shape index (κ2) is 9.02. The van der Waals surface area contributed by atoms with Gasteiger partial charge in [-0.2, -0.15) is 0 Å². The molecule has 2 amide bonds. The van der Waals surface area contributed by atoms with Gasteiger partial charge in [0.05, 0.1) is 29.0 Å². The fourth-order valence-corrected chi connectivity index (χ4v) is 3.36. The number of carbonyl (C=O) groups is 3. The number of rotatable bonds is 8. The average Bonchev–Trinajstić information content (AvgIpc) is 2.94. The molecule has 5 nitrogen and oxygen atoms in total. The van der Waals surface area contributed by atoms with Crippen molar-refractivity contribution < 1.29 is 19.1 Å². The number of anilines is 1. The fourth-order valence-electron chi connectivity index (χ4n) is 3.17. The Balaban J connectivity index is 1.70. The SMILES string of the molecule is CCCCCCCOC(=O)c1ccc2c(c1)C(=O)N(c1cccc(Cl)c1)C2=O. The Morgan fingerprint density at radius 3 is 2.46 bits per heavy atom. The van der Waals surface area contributed by atoms with E-state index in [0.717, 1.165) is 30.6 Å². The number of ether oxygens (including phenoxy) is 1. The first-order valence-electron chi connectivity index (χ1n) is 9.48. The van der Waals surface area contributed by atoms with Gasteiger partial charge in [-0.15, -0.1) is 0 Å². The van der Waals surface area contributed by atoms with Crippen LogP contribution in [0.5, 0.6) is 0 Å². The second-order valence-corrected chi connectivity index (χ2v) is 7.17. The highest BCUT2D eigenvalue weighted by Crippen LogP contribution is 2.30. The lowest BCUT2D eigenvalue weighted by atomic mass is 10.1. The summed E-state index contributed by atoms with van der Waals surface area (Å²) in [5, 5.41) is 0.428. The Morgan fingerprint density at radius 2 is 1.71 bits per heavy atom. The molecule has 2 aromatic rings. The maximum Gasteiger partial charge on any atom is 0.338 e. The summed E-state index contributed by atoms with van der Waals surface area (Å²) in [4.78, 5) is 38.7. The standard InChI is InChI=1S/C22H22ClNO4/c1-2-3-4-5-6-12-28-22(27)15-10-11-18-19(13-15)21(26)24(20(18)25)17-9-7-8-16(23)14-17/h7-11,13-14H,2-6,12H2,1H3. The van der Waals surface area contributed by atoms with Gasteiger partial charge in [-0.05, 0) is 42.8 Å². The molecule has 0 N–H and O–H groups in total. The van der Waals surface area contributed by atoms with E-state index in [0.29, 0.717) is 17.3 Å². The third-order valence-electron chi connectivity index (χ3n) is 4.67. The molecule has 2 aromatic carbocycles. The average molecular weight is 400 g/mol. The maximum atomic E-state index is 12.8. The minimum Gasteiger partial charge on any atom is -0.462 e. The molecule has 1 aliphatic rings. The van der Waals surface area contributed by atoms with Crippen LogP contribution in [0.2, 0.25) is 5.02 Å². The lowest BCUT2D eigenvalue weighted by Crippen LogP contribution is -2.29. The summed E-state index contributed by atoms with van der Waals surface area (Å²) in [6, 6.07) is 11.0. The molecule has 0 aromatic heterocycles. The van der Waals surface area contributed by atoms with Crippen LogP contribution in [0.15, 0.2) is 42.5 Å². The number of halogens is 1. The number of nitrogens with zero attached hydrogens (tertiary/aromatic N) is 1. The molecule has 1 heterocycles. The van der Waals surface area contributed by atoms with Crippen molar-refractivity contribution in [1.29, 1.82) is 0 Å². The van der Waals surface area contributed by atoms with Gasteiger partial charge in [-0.1, -0.05) is 50.3 Å². The number of carbonyl (C=O) groups excluding carboxylic acids is 3. The van der Waals surface area contributed by atoms with E-state index in [1.807, 2.05) is 0 Å². The van der Waals surface area contributed by atoms with Gasteiger partial charge < -0.3 is 4.74 Å². The smallest absolute Gasteiger partial charge is 0.338 e. The van der Waals surface area contributed by atoms with Crippen LogP contribution in [-0.2, 0) is 4.74 Å². The molecule has 0 bridgehead atoms. The van der Waals surface area contributed by atoms with E-state index in [2.05, 4.69) is 6.92 Å². The monoisotopic (exact) mass is 399 g/mol. The zero-order chi connectivity index (χ0) is 20.1. The molecule has 3 rings (SSSR count). The van der Waals surface area contributed by atoms with Crippen molar-refractivity contribution in [2.45, 2.75) is 39.0 Å². The highest BCUT2D eigenvalue weighted by molar-refractivity contribution is 6.35. The Kier molecular flexibility index (Phi) is 6.47. The molecule has 0 atom stereocenters. The van der Waals surface area contributed by atoms with Crippen molar-refractivity contribution in [3.63, 3.8) is 0 Å². The highest BCUT2D eigenvalue weighted by atomic mass is 35.5. The van der Waals surface area contributed by atoms with Gasteiger partial charge in [0.15, 0.2) is 0 Å². The van der Waals surface area contributed by atoms with Gasteiger partial charge in [0.2, 0.25) is 0 Å². The normalized spacial score (nSPS) is 13.0. The Bertz CT molecular complexity index is 909. The largest absolute Gasteiger partial charge is 0.462 e. The van der Waals surface area contributed by atoms with E-state index in [9.17, 15) is 14.4 Å². The molecule has 0 unspecified atom stereocenters. The molecule has 0 fully saturated rings. The van der Waals surface area contributed by atoms with Crippen LogP contribution < -0.4 is 4.90 Å². The number of esters is 1. The quantitative estimate of drug-likeness (QED) is 0.344. The topological polar surface area (TPSA) is 63.7 Å². The summed E-state index contributed by atoms with van der Waals surface area (Å²) in [5.41, 5.74) is 1.12. The van der Waals surface area contributed by atoms with E-state index in [1.165, 1.54) is 24.6 Å². The predicted octanol–water partition coefficient (Wildman–Crippen LogP) is 5.27. The maximum absolute atomic E-state index is 12.8. The molecule has 1 aliphatic heterocycles. The predicted molar refractivity (Wildman–Crippen MR) is 108 cm³/mol. The van der Waals surface area contributed by atoms with Crippen molar-refractivity contribution in [2.24, 2.45) is 0 Å². The van der Waals surface area contributed by atoms with Crippen LogP contribution in [0.1, 0.15) is 70.1 Å². The Hall–Kier alpha value is -2.66. The van der Waals surface area contributed by atoms with Crippen molar-refractivity contribution in [2.75, 3.05) is 11.5 Å². The van der Waals surface area contributed by atoms with Gasteiger partial charge in [0, 0.05) is 5.02 Å². The van der Waals surface area contributed by atoms with E-state index in [4.69, 9.17) is 16.3 Å². The molecule has 0 spiro atoms. The first kappa shape index (κ1) is 20.1. The minimum atomic E-state index is -0.486. The zero-order valence-electron chi connectivity index (χ0n) is 15.7. The van der Waals surface area contributed by atoms with Crippen molar-refractivity contribution in [1.82, 2.24) is 0 Å². The molecule has 6 heteroatoms. The van der Waals surface area contributed by atoms with E-state index in [1.54, 1.807) is 24.3 Å². The molecule has 0 saturated carbocycles. The number of hydrogen-bond donors (Lipinski definition) is 0. The third kappa shape index (κ3) is 4.25. The molecule has 146 valence electrons. The second-order valence-electron chi connectivity index (χ2n) is 6.74. The molecule has 0 radical (unpaired) electrons. The molecular formula is C22H22ClNO4. The van der Waals surface area contributed by atoms with E-state index in [-0.39, 0.29) is 16.7 Å². The van der Waals surface area contributed by atoms with Crippen molar-refractivity contribution in [3.05, 3.63) is 64.2 Å². The number of amides is 2. The van der Waals surface area contributed by atoms with Crippen LogP contribution in [0.4, 0.5) is 5.69 Å². The van der Waals surface area contributed by atoms with E-state index < -0.39 is 17.8 Å². The van der Waals surface area contributed by atoms with Crippen LogP contribution in [0, 0.1) is 0 Å². The van der Waals surface area contributed by atoms with Crippen molar-refractivity contribution >= 4 is 35.1 Å². The summed E-state index contributed by atoms with van der Waals surface area (Å²) in [6.07, 6.45) is 5.30. The first-order chi connectivity index (χ1) is 13.5.